The molecule has 0 spiro atoms. The van der Waals surface area contributed by atoms with Gasteiger partial charge in [-0.2, -0.15) is 0 Å². The van der Waals surface area contributed by atoms with E-state index in [1.165, 1.54) is 0 Å². The molecule has 144 valence electrons. The summed E-state index contributed by atoms with van der Waals surface area (Å²) in [6.07, 6.45) is 5.79. The second-order valence-electron chi connectivity index (χ2n) is 6.24. The Hall–Kier alpha value is -2.56. The summed E-state index contributed by atoms with van der Waals surface area (Å²) >= 11 is 12.2. The Morgan fingerprint density at radius 3 is 2.50 bits per heavy atom. The molecule has 0 radical (unpaired) electrons. The third-order valence-corrected chi connectivity index (χ3v) is 4.54. The third-order valence-electron chi connectivity index (χ3n) is 4.10. The number of esters is 1. The van der Waals surface area contributed by atoms with Gasteiger partial charge in [0.2, 0.25) is 0 Å². The van der Waals surface area contributed by atoms with Gasteiger partial charge in [-0.1, -0.05) is 53.5 Å². The van der Waals surface area contributed by atoms with Crippen LogP contribution in [0.1, 0.15) is 23.9 Å². The van der Waals surface area contributed by atoms with Gasteiger partial charge in [-0.3, -0.25) is 0 Å². The van der Waals surface area contributed by atoms with Crippen LogP contribution in [0, 0.1) is 0 Å². The van der Waals surface area contributed by atoms with E-state index in [1.807, 2.05) is 53.2 Å². The van der Waals surface area contributed by atoms with E-state index in [0.717, 1.165) is 11.1 Å². The zero-order valence-corrected chi connectivity index (χ0v) is 17.0. The first-order chi connectivity index (χ1) is 13.5. The molecule has 4 nitrogen and oxygen atoms in total. The van der Waals surface area contributed by atoms with E-state index in [2.05, 4.69) is 4.98 Å². The number of carbonyl (C=O) groups excluding carboxylic acids is 1. The van der Waals surface area contributed by atoms with Crippen molar-refractivity contribution in [2.24, 2.45) is 0 Å². The second-order valence-corrected chi connectivity index (χ2v) is 7.12. The molecule has 28 heavy (non-hydrogen) atoms. The topological polar surface area (TPSA) is 44.1 Å². The molecule has 1 heterocycles. The van der Waals surface area contributed by atoms with Crippen molar-refractivity contribution in [2.75, 3.05) is 6.61 Å². The summed E-state index contributed by atoms with van der Waals surface area (Å²) in [6, 6.07) is 15.2. The number of hydrogen-bond donors (Lipinski definition) is 0. The van der Waals surface area contributed by atoms with Crippen molar-refractivity contribution in [2.45, 2.75) is 19.9 Å². The van der Waals surface area contributed by atoms with Crippen LogP contribution in [0.5, 0.6) is 0 Å². The molecule has 0 saturated carbocycles. The standard InChI is InChI=1S/C22H20Cl2N2O2/c1-2-28-22(27)18(10-16-6-4-3-5-7-16)13-21-25-8-9-26(21)15-17-11-19(23)14-20(24)12-17/h3-9,11-14H,2,10,15H2,1H3. The predicted molar refractivity (Wildman–Crippen MR) is 113 cm³/mol. The van der Waals surface area contributed by atoms with Gasteiger partial charge in [-0.05, 0) is 42.3 Å². The Bertz CT molecular complexity index is 961. The monoisotopic (exact) mass is 414 g/mol. The summed E-state index contributed by atoms with van der Waals surface area (Å²) in [5.41, 5.74) is 2.53. The van der Waals surface area contributed by atoms with Crippen molar-refractivity contribution in [3.05, 3.63) is 93.5 Å². The SMILES string of the molecule is CCOC(=O)C(=Cc1nccn1Cc1cc(Cl)cc(Cl)c1)Cc1ccccc1. The van der Waals surface area contributed by atoms with Gasteiger partial charge < -0.3 is 9.30 Å². The average Bonchev–Trinajstić information content (AvgIpc) is 3.08. The number of ether oxygens (including phenoxy) is 1. The molecule has 0 aliphatic carbocycles. The van der Waals surface area contributed by atoms with Crippen molar-refractivity contribution < 1.29 is 9.53 Å². The summed E-state index contributed by atoms with van der Waals surface area (Å²) in [5.74, 6) is 0.321. The number of rotatable bonds is 7. The van der Waals surface area contributed by atoms with Crippen LogP contribution in [-0.2, 0) is 22.5 Å². The highest BCUT2D eigenvalue weighted by atomic mass is 35.5. The van der Waals surface area contributed by atoms with Crippen molar-refractivity contribution >= 4 is 35.2 Å². The molecule has 0 aliphatic heterocycles. The second kappa shape index (κ2) is 9.58. The average molecular weight is 415 g/mol. The summed E-state index contributed by atoms with van der Waals surface area (Å²) in [5, 5.41) is 1.16. The molecule has 0 unspecified atom stereocenters. The van der Waals surface area contributed by atoms with Gasteiger partial charge in [0.15, 0.2) is 0 Å². The summed E-state index contributed by atoms with van der Waals surface area (Å²) in [4.78, 5) is 16.9. The molecule has 0 N–H and O–H groups in total. The Balaban J connectivity index is 1.90. The largest absolute Gasteiger partial charge is 0.463 e. The molecular weight excluding hydrogens is 395 g/mol. The molecule has 0 aliphatic rings. The Morgan fingerprint density at radius 1 is 1.11 bits per heavy atom. The highest BCUT2D eigenvalue weighted by Crippen LogP contribution is 2.21. The van der Waals surface area contributed by atoms with Crippen LogP contribution in [-0.4, -0.2) is 22.1 Å². The van der Waals surface area contributed by atoms with Crippen LogP contribution < -0.4 is 0 Å². The van der Waals surface area contributed by atoms with E-state index in [1.54, 1.807) is 25.3 Å². The maximum Gasteiger partial charge on any atom is 0.334 e. The van der Waals surface area contributed by atoms with Crippen LogP contribution in [0.3, 0.4) is 0 Å². The van der Waals surface area contributed by atoms with E-state index < -0.39 is 0 Å². The first kappa shape index (κ1) is 20.2. The zero-order chi connectivity index (χ0) is 19.9. The number of halogens is 2. The van der Waals surface area contributed by atoms with Gasteiger partial charge in [-0.25, -0.2) is 9.78 Å². The van der Waals surface area contributed by atoms with Crippen LogP contribution in [0.15, 0.2) is 66.5 Å². The lowest BCUT2D eigenvalue weighted by Crippen LogP contribution is -2.11. The minimum Gasteiger partial charge on any atom is -0.463 e. The fraction of sp³-hybridized carbons (Fsp3) is 0.182. The summed E-state index contributed by atoms with van der Waals surface area (Å²) < 4.78 is 7.17. The van der Waals surface area contributed by atoms with Crippen LogP contribution >= 0.6 is 23.2 Å². The van der Waals surface area contributed by atoms with Gasteiger partial charge in [0, 0.05) is 41.0 Å². The number of carbonyl (C=O) groups is 1. The smallest absolute Gasteiger partial charge is 0.334 e. The van der Waals surface area contributed by atoms with Gasteiger partial charge in [0.1, 0.15) is 5.82 Å². The molecule has 0 saturated heterocycles. The minimum absolute atomic E-state index is 0.320. The maximum atomic E-state index is 12.5. The van der Waals surface area contributed by atoms with E-state index >= 15 is 0 Å². The highest BCUT2D eigenvalue weighted by molar-refractivity contribution is 6.34. The van der Waals surface area contributed by atoms with Gasteiger partial charge in [0.25, 0.3) is 0 Å². The van der Waals surface area contributed by atoms with Gasteiger partial charge >= 0.3 is 5.97 Å². The van der Waals surface area contributed by atoms with Crippen molar-refractivity contribution in [1.82, 2.24) is 9.55 Å². The molecule has 0 fully saturated rings. The number of hydrogen-bond acceptors (Lipinski definition) is 3. The van der Waals surface area contributed by atoms with Crippen LogP contribution in [0.2, 0.25) is 10.0 Å². The fourth-order valence-corrected chi connectivity index (χ4v) is 3.44. The van der Waals surface area contributed by atoms with Gasteiger partial charge in [-0.15, -0.1) is 0 Å². The normalized spacial score (nSPS) is 11.5. The van der Waals surface area contributed by atoms with Crippen molar-refractivity contribution in [3.63, 3.8) is 0 Å². The quantitative estimate of drug-likeness (QED) is 0.382. The molecule has 3 aromatic rings. The molecule has 3 rings (SSSR count). The molecule has 1 aromatic heterocycles. The lowest BCUT2D eigenvalue weighted by Gasteiger charge is -2.10. The lowest BCUT2D eigenvalue weighted by molar-refractivity contribution is -0.138. The first-order valence-electron chi connectivity index (χ1n) is 8.93. The van der Waals surface area contributed by atoms with Crippen molar-refractivity contribution in [3.8, 4) is 0 Å². The molecule has 2 aromatic carbocycles. The first-order valence-corrected chi connectivity index (χ1v) is 9.68. The maximum absolute atomic E-state index is 12.5. The predicted octanol–water partition coefficient (Wildman–Crippen LogP) is 5.43. The van der Waals surface area contributed by atoms with E-state index in [4.69, 9.17) is 27.9 Å². The lowest BCUT2D eigenvalue weighted by atomic mass is 10.0. The number of benzene rings is 2. The van der Waals surface area contributed by atoms with Crippen LogP contribution in [0.4, 0.5) is 0 Å². The zero-order valence-electron chi connectivity index (χ0n) is 15.4. The number of imidazole rings is 1. The Morgan fingerprint density at radius 2 is 1.82 bits per heavy atom. The minimum atomic E-state index is -0.341. The Kier molecular flexibility index (Phi) is 6.90. The number of aromatic nitrogens is 2. The van der Waals surface area contributed by atoms with E-state index in [0.29, 0.717) is 41.0 Å². The number of nitrogens with zero attached hydrogens (tertiary/aromatic N) is 2. The molecular formula is C22H20Cl2N2O2. The fourth-order valence-electron chi connectivity index (χ4n) is 2.87. The summed E-state index contributed by atoms with van der Waals surface area (Å²) in [7, 11) is 0. The Labute approximate surface area is 174 Å². The molecule has 0 atom stereocenters. The van der Waals surface area contributed by atoms with Crippen LogP contribution in [0.25, 0.3) is 6.08 Å². The van der Waals surface area contributed by atoms with Gasteiger partial charge in [0.05, 0.1) is 6.61 Å². The molecule has 6 heteroatoms. The highest BCUT2D eigenvalue weighted by Gasteiger charge is 2.14. The molecule has 0 amide bonds. The third kappa shape index (κ3) is 5.47. The van der Waals surface area contributed by atoms with E-state index in [9.17, 15) is 4.79 Å². The van der Waals surface area contributed by atoms with E-state index in [-0.39, 0.29) is 5.97 Å². The van der Waals surface area contributed by atoms with Crippen molar-refractivity contribution in [1.29, 1.82) is 0 Å². The summed E-state index contributed by atoms with van der Waals surface area (Å²) in [6.45, 7) is 2.65. The molecule has 0 bridgehead atoms.